The molecule has 1 aliphatic rings. The number of benzene rings is 2. The van der Waals surface area contributed by atoms with Crippen molar-refractivity contribution in [2.45, 2.75) is 70.5 Å². The molecule has 32 heavy (non-hydrogen) atoms. The van der Waals surface area contributed by atoms with Crippen LogP contribution in [0.4, 0.5) is 0 Å². The standard InChI is InChI=1S/C25H31N5O2/c1-17-8-6-10-19(14-17)22(16-23(31)32)26-24(20-11-7-9-18(2)15-20)25-27-28-29-30(25)21-12-4-3-5-13-21/h6-11,14-15,21-22,24,26H,3-5,12-13,16H2,1-2H3,(H,31,32). The number of hydrogen-bond donors (Lipinski definition) is 2. The van der Waals surface area contributed by atoms with E-state index in [-0.39, 0.29) is 24.5 Å². The molecule has 0 radical (unpaired) electrons. The average Bonchev–Trinajstić information content (AvgIpc) is 3.26. The SMILES string of the molecule is Cc1cccc(C(CC(=O)O)NC(c2cccc(C)c2)c2nnnn2C2CCCCC2)c1. The van der Waals surface area contributed by atoms with Gasteiger partial charge in [0.05, 0.1) is 18.5 Å². The monoisotopic (exact) mass is 433 g/mol. The predicted molar refractivity (Wildman–Crippen MR) is 122 cm³/mol. The minimum Gasteiger partial charge on any atom is -0.481 e. The summed E-state index contributed by atoms with van der Waals surface area (Å²) in [4.78, 5) is 11.8. The first-order valence-corrected chi connectivity index (χ1v) is 11.4. The fourth-order valence-electron chi connectivity index (χ4n) is 4.68. The van der Waals surface area contributed by atoms with Gasteiger partial charge in [-0.05, 0) is 48.2 Å². The van der Waals surface area contributed by atoms with Gasteiger partial charge in [-0.3, -0.25) is 10.1 Å². The first-order valence-electron chi connectivity index (χ1n) is 11.4. The van der Waals surface area contributed by atoms with Crippen LogP contribution in [0, 0.1) is 13.8 Å². The van der Waals surface area contributed by atoms with Crippen LogP contribution < -0.4 is 5.32 Å². The van der Waals surface area contributed by atoms with E-state index in [0.717, 1.165) is 40.9 Å². The number of tetrazole rings is 1. The van der Waals surface area contributed by atoms with Gasteiger partial charge in [-0.1, -0.05) is 78.9 Å². The summed E-state index contributed by atoms with van der Waals surface area (Å²) in [5, 5.41) is 26.1. The summed E-state index contributed by atoms with van der Waals surface area (Å²) in [6.45, 7) is 4.07. The van der Waals surface area contributed by atoms with Crippen molar-refractivity contribution in [1.29, 1.82) is 0 Å². The van der Waals surface area contributed by atoms with Crippen LogP contribution in [0.25, 0.3) is 0 Å². The summed E-state index contributed by atoms with van der Waals surface area (Å²) in [6, 6.07) is 15.8. The first kappa shape index (κ1) is 22.1. The lowest BCUT2D eigenvalue weighted by Gasteiger charge is -2.28. The third-order valence-corrected chi connectivity index (χ3v) is 6.26. The third kappa shape index (κ3) is 5.22. The van der Waals surface area contributed by atoms with Crippen molar-refractivity contribution >= 4 is 5.97 Å². The summed E-state index contributed by atoms with van der Waals surface area (Å²) in [6.07, 6.45) is 5.71. The molecule has 2 N–H and O–H groups in total. The zero-order chi connectivity index (χ0) is 22.5. The number of carbonyl (C=O) groups is 1. The van der Waals surface area contributed by atoms with E-state index >= 15 is 0 Å². The largest absolute Gasteiger partial charge is 0.481 e. The van der Waals surface area contributed by atoms with Gasteiger partial charge >= 0.3 is 5.97 Å². The number of nitrogens with zero attached hydrogens (tertiary/aromatic N) is 4. The number of carboxylic acid groups (broad SMARTS) is 1. The van der Waals surface area contributed by atoms with Crippen LogP contribution in [-0.2, 0) is 4.79 Å². The van der Waals surface area contributed by atoms with Gasteiger partial charge in [-0.15, -0.1) is 5.10 Å². The second-order valence-corrected chi connectivity index (χ2v) is 8.85. The van der Waals surface area contributed by atoms with E-state index in [2.05, 4.69) is 46.0 Å². The maximum absolute atomic E-state index is 11.8. The molecule has 1 fully saturated rings. The van der Waals surface area contributed by atoms with Crippen LogP contribution in [0.5, 0.6) is 0 Å². The molecule has 7 heteroatoms. The fraction of sp³-hybridized carbons (Fsp3) is 0.440. The highest BCUT2D eigenvalue weighted by atomic mass is 16.4. The molecule has 1 saturated carbocycles. The number of nitrogens with one attached hydrogen (secondary N) is 1. The molecular weight excluding hydrogens is 402 g/mol. The normalized spacial score (nSPS) is 16.6. The molecule has 0 saturated heterocycles. The van der Waals surface area contributed by atoms with Gasteiger partial charge in [0.25, 0.3) is 0 Å². The molecule has 7 nitrogen and oxygen atoms in total. The Labute approximate surface area is 188 Å². The highest BCUT2D eigenvalue weighted by Gasteiger charge is 2.29. The Balaban J connectivity index is 1.74. The molecule has 4 rings (SSSR count). The van der Waals surface area contributed by atoms with Crippen molar-refractivity contribution in [3.8, 4) is 0 Å². The van der Waals surface area contributed by atoms with Gasteiger partial charge in [0.1, 0.15) is 0 Å². The summed E-state index contributed by atoms with van der Waals surface area (Å²) < 4.78 is 1.97. The Kier molecular flexibility index (Phi) is 6.95. The second kappa shape index (κ2) is 10.0. The molecule has 0 amide bonds. The van der Waals surface area contributed by atoms with Crippen LogP contribution in [0.3, 0.4) is 0 Å². The summed E-state index contributed by atoms with van der Waals surface area (Å²) >= 11 is 0. The quantitative estimate of drug-likeness (QED) is 0.535. The number of aliphatic carboxylic acids is 1. The maximum Gasteiger partial charge on any atom is 0.305 e. The fourth-order valence-corrected chi connectivity index (χ4v) is 4.68. The van der Waals surface area contributed by atoms with Gasteiger partial charge in [-0.25, -0.2) is 4.68 Å². The zero-order valence-electron chi connectivity index (χ0n) is 18.7. The van der Waals surface area contributed by atoms with E-state index < -0.39 is 5.97 Å². The average molecular weight is 434 g/mol. The van der Waals surface area contributed by atoms with Crippen LogP contribution in [0.15, 0.2) is 48.5 Å². The Morgan fingerprint density at radius 2 is 1.72 bits per heavy atom. The highest BCUT2D eigenvalue weighted by molar-refractivity contribution is 5.68. The van der Waals surface area contributed by atoms with E-state index in [9.17, 15) is 9.90 Å². The Bertz CT molecular complexity index is 1060. The maximum atomic E-state index is 11.8. The van der Waals surface area contributed by atoms with E-state index in [1.165, 1.54) is 19.3 Å². The van der Waals surface area contributed by atoms with Crippen molar-refractivity contribution in [3.05, 3.63) is 76.6 Å². The molecule has 1 heterocycles. The number of hydrogen-bond acceptors (Lipinski definition) is 5. The third-order valence-electron chi connectivity index (χ3n) is 6.26. The Morgan fingerprint density at radius 3 is 2.38 bits per heavy atom. The van der Waals surface area contributed by atoms with E-state index in [1.807, 2.05) is 41.9 Å². The van der Waals surface area contributed by atoms with E-state index in [1.54, 1.807) is 0 Å². The number of rotatable bonds is 8. The molecule has 3 aromatic rings. The van der Waals surface area contributed by atoms with Crippen LogP contribution in [-0.4, -0.2) is 31.3 Å². The molecule has 2 atom stereocenters. The predicted octanol–water partition coefficient (Wildman–Crippen LogP) is 4.69. The first-order chi connectivity index (χ1) is 15.5. The number of aromatic nitrogens is 4. The number of carboxylic acids is 1. The molecule has 2 aromatic carbocycles. The van der Waals surface area contributed by atoms with Gasteiger partial charge in [0.15, 0.2) is 5.82 Å². The van der Waals surface area contributed by atoms with Crippen LogP contribution in [0.1, 0.15) is 84.7 Å². The van der Waals surface area contributed by atoms with Gasteiger partial charge in [-0.2, -0.15) is 0 Å². The van der Waals surface area contributed by atoms with Crippen molar-refractivity contribution < 1.29 is 9.90 Å². The summed E-state index contributed by atoms with van der Waals surface area (Å²) in [7, 11) is 0. The molecule has 1 aliphatic carbocycles. The van der Waals surface area contributed by atoms with Crippen molar-refractivity contribution in [2.75, 3.05) is 0 Å². The van der Waals surface area contributed by atoms with E-state index in [4.69, 9.17) is 0 Å². The molecule has 168 valence electrons. The number of aryl methyl sites for hydroxylation is 2. The summed E-state index contributed by atoms with van der Waals surface area (Å²) in [5.41, 5.74) is 4.21. The van der Waals surface area contributed by atoms with Gasteiger partial charge < -0.3 is 5.11 Å². The van der Waals surface area contributed by atoms with Crippen molar-refractivity contribution in [1.82, 2.24) is 25.5 Å². The Morgan fingerprint density at radius 1 is 1.06 bits per heavy atom. The van der Waals surface area contributed by atoms with Crippen LogP contribution in [0.2, 0.25) is 0 Å². The lowest BCUT2D eigenvalue weighted by atomic mass is 9.94. The lowest BCUT2D eigenvalue weighted by Crippen LogP contribution is -2.32. The Hall–Kier alpha value is -3.06. The van der Waals surface area contributed by atoms with Crippen LogP contribution >= 0.6 is 0 Å². The minimum absolute atomic E-state index is 0.0310. The molecule has 2 unspecified atom stereocenters. The van der Waals surface area contributed by atoms with Crippen molar-refractivity contribution in [3.63, 3.8) is 0 Å². The molecule has 0 aliphatic heterocycles. The van der Waals surface area contributed by atoms with Gasteiger partial charge in [0, 0.05) is 6.04 Å². The lowest BCUT2D eigenvalue weighted by molar-refractivity contribution is -0.137. The highest BCUT2D eigenvalue weighted by Crippen LogP contribution is 2.32. The smallest absolute Gasteiger partial charge is 0.305 e. The topological polar surface area (TPSA) is 92.9 Å². The molecule has 1 aromatic heterocycles. The van der Waals surface area contributed by atoms with Gasteiger partial charge in [0.2, 0.25) is 0 Å². The van der Waals surface area contributed by atoms with E-state index in [0.29, 0.717) is 0 Å². The zero-order valence-corrected chi connectivity index (χ0v) is 18.7. The second-order valence-electron chi connectivity index (χ2n) is 8.85. The summed E-state index contributed by atoms with van der Waals surface area (Å²) in [5.74, 6) is -0.107. The van der Waals surface area contributed by atoms with Crippen molar-refractivity contribution in [2.24, 2.45) is 0 Å². The minimum atomic E-state index is -0.848. The molecular formula is C25H31N5O2. The molecule has 0 spiro atoms. The molecule has 0 bridgehead atoms.